The number of amides is 1. The normalized spacial score (nSPS) is 10.8. The monoisotopic (exact) mass is 217 g/mol. The molecule has 0 radical (unpaired) electrons. The largest absolute Gasteiger partial charge is 0.366 e. The fourth-order valence-electron chi connectivity index (χ4n) is 1.69. The average Bonchev–Trinajstić information content (AvgIpc) is 2.15. The highest BCUT2D eigenvalue weighted by Crippen LogP contribution is 2.10. The van der Waals surface area contributed by atoms with Crippen molar-refractivity contribution in [1.82, 2.24) is 0 Å². The van der Waals surface area contributed by atoms with Crippen molar-refractivity contribution in [2.45, 2.75) is 19.6 Å². The molecule has 0 aliphatic heterocycles. The molecule has 3 heteroatoms. The third kappa shape index (κ3) is 2.28. The van der Waals surface area contributed by atoms with Gasteiger partial charge in [-0.25, -0.2) is 0 Å². The Kier molecular flexibility index (Phi) is 3.01. The molecule has 0 heterocycles. The van der Waals surface area contributed by atoms with E-state index in [2.05, 4.69) is 25.6 Å². The number of hydrogen-bond acceptors (Lipinski definition) is 1. The minimum Gasteiger partial charge on any atom is -0.366 e. The lowest BCUT2D eigenvalue weighted by Crippen LogP contribution is -2.44. The molecule has 15 heavy (non-hydrogen) atoms. The third-order valence-corrected chi connectivity index (χ3v) is 4.27. The molecule has 1 aromatic carbocycles. The van der Waals surface area contributed by atoms with E-state index in [4.69, 9.17) is 12.2 Å². The van der Waals surface area contributed by atoms with Crippen LogP contribution in [0.2, 0.25) is 19.6 Å². The smallest absolute Gasteiger partial charge is 0.248 e. The fraction of sp³-hybridized carbons (Fsp3) is 0.250. The molecule has 0 aliphatic carbocycles. The van der Waals surface area contributed by atoms with Gasteiger partial charge < -0.3 is 5.73 Å². The maximum atomic E-state index is 11.3. The van der Waals surface area contributed by atoms with Crippen LogP contribution >= 0.6 is 0 Å². The lowest BCUT2D eigenvalue weighted by atomic mass is 10.1. The van der Waals surface area contributed by atoms with Crippen LogP contribution in [0, 0.1) is 12.3 Å². The van der Waals surface area contributed by atoms with Gasteiger partial charge in [0.05, 0.1) is 8.07 Å². The average molecular weight is 217 g/mol. The van der Waals surface area contributed by atoms with Crippen LogP contribution in [0.1, 0.15) is 15.9 Å². The summed E-state index contributed by atoms with van der Waals surface area (Å²) in [6, 6.07) is 5.38. The summed E-state index contributed by atoms with van der Waals surface area (Å²) in [5.74, 6) is 2.23. The number of nitrogens with two attached hydrogens (primary N) is 1. The van der Waals surface area contributed by atoms with E-state index in [1.165, 1.54) is 0 Å². The first-order valence-corrected chi connectivity index (χ1v) is 8.28. The Labute approximate surface area is 91.5 Å². The summed E-state index contributed by atoms with van der Waals surface area (Å²) >= 11 is 0. The Morgan fingerprint density at radius 2 is 2.00 bits per heavy atom. The topological polar surface area (TPSA) is 43.1 Å². The van der Waals surface area contributed by atoms with Gasteiger partial charge in [-0.15, -0.1) is 6.42 Å². The second-order valence-corrected chi connectivity index (χ2v) is 9.49. The Bertz CT molecular complexity index is 438. The van der Waals surface area contributed by atoms with Crippen LogP contribution in [0.3, 0.4) is 0 Å². The highest BCUT2D eigenvalue weighted by atomic mass is 28.3. The molecule has 78 valence electrons. The van der Waals surface area contributed by atoms with E-state index in [-0.39, 0.29) is 0 Å². The molecule has 0 spiro atoms. The minimum atomic E-state index is -1.65. The molecule has 1 rings (SSSR count). The Morgan fingerprint density at radius 1 is 1.40 bits per heavy atom. The van der Waals surface area contributed by atoms with E-state index >= 15 is 0 Å². The van der Waals surface area contributed by atoms with Gasteiger partial charge in [-0.1, -0.05) is 31.6 Å². The van der Waals surface area contributed by atoms with Crippen LogP contribution in [-0.2, 0) is 0 Å². The summed E-state index contributed by atoms with van der Waals surface area (Å²) in [5, 5.41) is 0.986. The van der Waals surface area contributed by atoms with Crippen LogP contribution in [0.5, 0.6) is 0 Å². The molecule has 2 N–H and O–H groups in total. The molecule has 0 fully saturated rings. The molecular formula is C12H15NOSi. The predicted octanol–water partition coefficient (Wildman–Crippen LogP) is 1.31. The third-order valence-electron chi connectivity index (χ3n) is 2.24. The molecule has 2 nitrogen and oxygen atoms in total. The quantitative estimate of drug-likeness (QED) is 0.589. The van der Waals surface area contributed by atoms with Gasteiger partial charge in [-0.05, 0) is 17.3 Å². The zero-order valence-electron chi connectivity index (χ0n) is 9.29. The number of benzene rings is 1. The summed E-state index contributed by atoms with van der Waals surface area (Å²) in [7, 11) is -1.65. The molecular weight excluding hydrogens is 202 g/mol. The van der Waals surface area contributed by atoms with Crippen molar-refractivity contribution in [2.75, 3.05) is 0 Å². The van der Waals surface area contributed by atoms with Crippen molar-refractivity contribution in [3.63, 3.8) is 0 Å². The van der Waals surface area contributed by atoms with Gasteiger partial charge in [0.15, 0.2) is 0 Å². The molecule has 0 saturated carbocycles. The molecule has 0 unspecified atom stereocenters. The standard InChI is InChI=1S/C12H15NOSi/c1-5-9-7-6-8-10(12(13)14)11(9)15(2,3)4/h1,6-8H,2-4H3,(H2,13,14). The molecule has 0 bridgehead atoms. The Balaban J connectivity index is 3.57. The first-order valence-electron chi connectivity index (χ1n) is 4.78. The van der Waals surface area contributed by atoms with Gasteiger partial charge >= 0.3 is 0 Å². The summed E-state index contributed by atoms with van der Waals surface area (Å²) in [4.78, 5) is 11.3. The first kappa shape index (κ1) is 11.5. The summed E-state index contributed by atoms with van der Waals surface area (Å²) in [6.45, 7) is 6.45. The molecule has 0 atom stereocenters. The predicted molar refractivity (Wildman–Crippen MR) is 65.9 cm³/mol. The van der Waals surface area contributed by atoms with Crippen molar-refractivity contribution < 1.29 is 4.79 Å². The van der Waals surface area contributed by atoms with E-state index < -0.39 is 14.0 Å². The van der Waals surface area contributed by atoms with Crippen LogP contribution < -0.4 is 10.9 Å². The van der Waals surface area contributed by atoms with Gasteiger partial charge in [0.2, 0.25) is 5.91 Å². The fourth-order valence-corrected chi connectivity index (χ4v) is 3.66. The maximum Gasteiger partial charge on any atom is 0.248 e. The molecule has 0 aromatic heterocycles. The van der Waals surface area contributed by atoms with Gasteiger partial charge in [0, 0.05) is 11.1 Å². The zero-order chi connectivity index (χ0) is 11.6. The summed E-state index contributed by atoms with van der Waals surface area (Å²) in [6.07, 6.45) is 5.44. The summed E-state index contributed by atoms with van der Waals surface area (Å²) in [5.41, 5.74) is 6.72. The van der Waals surface area contributed by atoms with Gasteiger partial charge in [-0.3, -0.25) is 4.79 Å². The minimum absolute atomic E-state index is 0.399. The maximum absolute atomic E-state index is 11.3. The molecule has 1 aromatic rings. The van der Waals surface area contributed by atoms with E-state index in [0.717, 1.165) is 10.8 Å². The number of rotatable bonds is 2. The molecule has 1 amide bonds. The zero-order valence-corrected chi connectivity index (χ0v) is 10.3. The Morgan fingerprint density at radius 3 is 2.40 bits per heavy atom. The van der Waals surface area contributed by atoms with Gasteiger partial charge in [0.25, 0.3) is 0 Å². The lowest BCUT2D eigenvalue weighted by molar-refractivity contribution is 0.100. The van der Waals surface area contributed by atoms with Crippen molar-refractivity contribution in [3.05, 3.63) is 29.3 Å². The molecule has 0 saturated heterocycles. The van der Waals surface area contributed by atoms with Crippen LogP contribution in [-0.4, -0.2) is 14.0 Å². The number of carbonyl (C=O) groups is 1. The van der Waals surface area contributed by atoms with Crippen LogP contribution in [0.25, 0.3) is 0 Å². The van der Waals surface area contributed by atoms with Gasteiger partial charge in [0.1, 0.15) is 0 Å². The second kappa shape index (κ2) is 3.91. The van der Waals surface area contributed by atoms with E-state index in [1.54, 1.807) is 12.1 Å². The second-order valence-electron chi connectivity index (χ2n) is 4.49. The molecule has 0 aliphatic rings. The highest BCUT2D eigenvalue weighted by Gasteiger charge is 2.24. The van der Waals surface area contributed by atoms with E-state index in [0.29, 0.717) is 5.56 Å². The van der Waals surface area contributed by atoms with Crippen LogP contribution in [0.4, 0.5) is 0 Å². The number of carbonyl (C=O) groups excluding carboxylic acids is 1. The number of primary amides is 1. The SMILES string of the molecule is C#Cc1cccc(C(N)=O)c1[Si](C)(C)C. The lowest BCUT2D eigenvalue weighted by Gasteiger charge is -2.21. The van der Waals surface area contributed by atoms with Crippen LogP contribution in [0.15, 0.2) is 18.2 Å². The number of hydrogen-bond donors (Lipinski definition) is 1. The highest BCUT2D eigenvalue weighted by molar-refractivity contribution is 6.90. The van der Waals surface area contributed by atoms with Gasteiger partial charge in [-0.2, -0.15) is 0 Å². The van der Waals surface area contributed by atoms with E-state index in [9.17, 15) is 4.79 Å². The first-order chi connectivity index (χ1) is 6.88. The Hall–Kier alpha value is -1.53. The van der Waals surface area contributed by atoms with E-state index in [1.807, 2.05) is 6.07 Å². The number of terminal acetylenes is 1. The van der Waals surface area contributed by atoms with Crippen molar-refractivity contribution in [3.8, 4) is 12.3 Å². The summed E-state index contributed by atoms with van der Waals surface area (Å²) < 4.78 is 0. The van der Waals surface area contributed by atoms with Crippen molar-refractivity contribution in [2.24, 2.45) is 5.73 Å². The van der Waals surface area contributed by atoms with Crippen molar-refractivity contribution >= 4 is 19.2 Å². The van der Waals surface area contributed by atoms with Crippen molar-refractivity contribution in [1.29, 1.82) is 0 Å².